The van der Waals surface area contributed by atoms with Gasteiger partial charge in [-0.15, -0.1) is 11.3 Å². The molecule has 2 aromatic heterocycles. The maximum atomic E-state index is 10.0. The van der Waals surface area contributed by atoms with Crippen molar-refractivity contribution in [1.29, 1.82) is 0 Å². The van der Waals surface area contributed by atoms with Crippen LogP contribution in [0.5, 0.6) is 0 Å². The normalized spacial score (nSPS) is 12.6. The van der Waals surface area contributed by atoms with E-state index in [0.717, 1.165) is 12.1 Å². The van der Waals surface area contributed by atoms with Crippen molar-refractivity contribution in [2.24, 2.45) is 0 Å². The van der Waals surface area contributed by atoms with E-state index >= 15 is 0 Å². The Morgan fingerprint density at radius 2 is 2.06 bits per heavy atom. The van der Waals surface area contributed by atoms with E-state index in [9.17, 15) is 5.11 Å². The zero-order valence-corrected chi connectivity index (χ0v) is 10.1. The van der Waals surface area contributed by atoms with Gasteiger partial charge in [0.1, 0.15) is 6.10 Å². The lowest BCUT2D eigenvalue weighted by Gasteiger charge is -2.07. The van der Waals surface area contributed by atoms with Crippen molar-refractivity contribution in [2.75, 3.05) is 0 Å². The van der Waals surface area contributed by atoms with Gasteiger partial charge in [0.25, 0.3) is 0 Å². The predicted octanol–water partition coefficient (Wildman–Crippen LogP) is 2.98. The van der Waals surface area contributed by atoms with Crippen LogP contribution in [0.4, 0.5) is 0 Å². The highest BCUT2D eigenvalue weighted by molar-refractivity contribution is 7.11. The third kappa shape index (κ3) is 2.68. The first-order chi connectivity index (χ1) is 7.79. The van der Waals surface area contributed by atoms with E-state index in [0.29, 0.717) is 6.42 Å². The number of aliphatic hydroxyl groups excluding tert-OH is 1. The highest BCUT2D eigenvalue weighted by atomic mass is 32.1. The third-order valence-electron chi connectivity index (χ3n) is 2.49. The highest BCUT2D eigenvalue weighted by Gasteiger charge is 2.10. The molecular weight excluding hydrogens is 218 g/mol. The molecule has 0 saturated heterocycles. The summed E-state index contributed by atoms with van der Waals surface area (Å²) in [5, 5.41) is 10.0. The first kappa shape index (κ1) is 11.3. The van der Waals surface area contributed by atoms with E-state index in [1.165, 1.54) is 9.75 Å². The van der Waals surface area contributed by atoms with Gasteiger partial charge in [0.05, 0.1) is 5.69 Å². The first-order valence-electron chi connectivity index (χ1n) is 5.46. The second-order valence-electron chi connectivity index (χ2n) is 3.70. The Bertz CT molecular complexity index is 438. The van der Waals surface area contributed by atoms with Crippen LogP contribution in [0.3, 0.4) is 0 Å². The Hall–Kier alpha value is -1.19. The predicted molar refractivity (Wildman–Crippen MR) is 66.6 cm³/mol. The zero-order valence-electron chi connectivity index (χ0n) is 9.26. The third-order valence-corrected chi connectivity index (χ3v) is 3.74. The number of aliphatic hydroxyl groups is 1. The molecule has 2 rings (SSSR count). The fourth-order valence-electron chi connectivity index (χ4n) is 1.59. The number of hydrogen-bond donors (Lipinski definition) is 1. The number of aromatic nitrogens is 1. The summed E-state index contributed by atoms with van der Waals surface area (Å²) in [6.07, 6.45) is 2.93. The van der Waals surface area contributed by atoms with Crippen molar-refractivity contribution in [3.05, 3.63) is 52.0 Å². The van der Waals surface area contributed by atoms with Crippen molar-refractivity contribution in [2.45, 2.75) is 25.9 Å². The summed E-state index contributed by atoms with van der Waals surface area (Å²) in [7, 11) is 0. The molecule has 0 amide bonds. The molecule has 2 nitrogen and oxygen atoms in total. The molecule has 0 aliphatic rings. The molecule has 0 radical (unpaired) electrons. The van der Waals surface area contributed by atoms with Crippen LogP contribution < -0.4 is 0 Å². The van der Waals surface area contributed by atoms with Gasteiger partial charge >= 0.3 is 0 Å². The van der Waals surface area contributed by atoms with Crippen molar-refractivity contribution in [1.82, 2.24) is 4.98 Å². The molecule has 3 heteroatoms. The van der Waals surface area contributed by atoms with Crippen molar-refractivity contribution >= 4 is 11.3 Å². The minimum Gasteiger partial charge on any atom is -0.386 e. The lowest BCUT2D eigenvalue weighted by Crippen LogP contribution is -2.02. The van der Waals surface area contributed by atoms with Gasteiger partial charge in [0.2, 0.25) is 0 Å². The SMILES string of the molecule is CCc1ccc(CC(O)c2ccccn2)s1. The van der Waals surface area contributed by atoms with Crippen LogP contribution in [0.25, 0.3) is 0 Å². The fourth-order valence-corrected chi connectivity index (χ4v) is 2.58. The molecule has 1 unspecified atom stereocenters. The van der Waals surface area contributed by atoms with Crippen LogP contribution in [0.1, 0.15) is 28.5 Å². The maximum absolute atomic E-state index is 10.0. The van der Waals surface area contributed by atoms with Crippen LogP contribution in [0.15, 0.2) is 36.5 Å². The fraction of sp³-hybridized carbons (Fsp3) is 0.308. The van der Waals surface area contributed by atoms with Gasteiger partial charge in [-0.25, -0.2) is 0 Å². The van der Waals surface area contributed by atoms with E-state index in [4.69, 9.17) is 0 Å². The highest BCUT2D eigenvalue weighted by Crippen LogP contribution is 2.23. The molecule has 0 bridgehead atoms. The number of pyridine rings is 1. The van der Waals surface area contributed by atoms with Crippen LogP contribution in [0, 0.1) is 0 Å². The van der Waals surface area contributed by atoms with Gasteiger partial charge in [0, 0.05) is 22.4 Å². The van der Waals surface area contributed by atoms with Gasteiger partial charge in [0.15, 0.2) is 0 Å². The number of thiophene rings is 1. The zero-order chi connectivity index (χ0) is 11.4. The number of hydrogen-bond acceptors (Lipinski definition) is 3. The largest absolute Gasteiger partial charge is 0.386 e. The second-order valence-corrected chi connectivity index (χ2v) is 4.95. The molecule has 0 aromatic carbocycles. The van der Waals surface area contributed by atoms with Gasteiger partial charge < -0.3 is 5.11 Å². The molecule has 1 atom stereocenters. The molecule has 1 N–H and O–H groups in total. The molecule has 0 aliphatic carbocycles. The summed E-state index contributed by atoms with van der Waals surface area (Å²) >= 11 is 1.77. The van der Waals surface area contributed by atoms with Crippen LogP contribution >= 0.6 is 11.3 Å². The van der Waals surface area contributed by atoms with E-state index in [-0.39, 0.29) is 0 Å². The summed E-state index contributed by atoms with van der Waals surface area (Å²) in [6, 6.07) is 9.84. The van der Waals surface area contributed by atoms with Gasteiger partial charge in [-0.2, -0.15) is 0 Å². The summed E-state index contributed by atoms with van der Waals surface area (Å²) in [6.45, 7) is 2.14. The molecule has 0 fully saturated rings. The Morgan fingerprint density at radius 1 is 1.25 bits per heavy atom. The monoisotopic (exact) mass is 233 g/mol. The van der Waals surface area contributed by atoms with E-state index < -0.39 is 6.10 Å². The standard InChI is InChI=1S/C13H15NOS/c1-2-10-6-7-11(16-10)9-13(15)12-5-3-4-8-14-12/h3-8,13,15H,2,9H2,1H3. The van der Waals surface area contributed by atoms with E-state index in [1.54, 1.807) is 17.5 Å². The maximum Gasteiger partial charge on any atom is 0.101 e. The van der Waals surface area contributed by atoms with Crippen molar-refractivity contribution in [3.63, 3.8) is 0 Å². The van der Waals surface area contributed by atoms with Gasteiger partial charge in [-0.3, -0.25) is 4.98 Å². The Labute approximate surface area is 99.6 Å². The number of aryl methyl sites for hydroxylation is 1. The molecule has 84 valence electrons. The average Bonchev–Trinajstić information content (AvgIpc) is 2.78. The van der Waals surface area contributed by atoms with E-state index in [2.05, 4.69) is 24.0 Å². The van der Waals surface area contributed by atoms with Gasteiger partial charge in [-0.05, 0) is 30.7 Å². The summed E-state index contributed by atoms with van der Waals surface area (Å²) in [5.74, 6) is 0. The minimum atomic E-state index is -0.496. The number of nitrogens with zero attached hydrogens (tertiary/aromatic N) is 1. The summed E-state index contributed by atoms with van der Waals surface area (Å²) < 4.78 is 0. The quantitative estimate of drug-likeness (QED) is 0.880. The lowest BCUT2D eigenvalue weighted by atomic mass is 10.1. The van der Waals surface area contributed by atoms with Crippen molar-refractivity contribution in [3.8, 4) is 0 Å². The molecule has 2 aromatic rings. The Balaban J connectivity index is 2.05. The summed E-state index contributed by atoms with van der Waals surface area (Å²) in [5.41, 5.74) is 0.744. The van der Waals surface area contributed by atoms with Gasteiger partial charge in [-0.1, -0.05) is 13.0 Å². The lowest BCUT2D eigenvalue weighted by molar-refractivity contribution is 0.174. The summed E-state index contributed by atoms with van der Waals surface area (Å²) in [4.78, 5) is 6.74. The van der Waals surface area contributed by atoms with Crippen LogP contribution in [0.2, 0.25) is 0 Å². The second kappa shape index (κ2) is 5.23. The topological polar surface area (TPSA) is 33.1 Å². The molecule has 16 heavy (non-hydrogen) atoms. The molecule has 2 heterocycles. The Morgan fingerprint density at radius 3 is 2.69 bits per heavy atom. The van der Waals surface area contributed by atoms with E-state index in [1.807, 2.05) is 18.2 Å². The number of rotatable bonds is 4. The Kier molecular flexibility index (Phi) is 3.70. The van der Waals surface area contributed by atoms with Crippen LogP contribution in [-0.4, -0.2) is 10.1 Å². The molecule has 0 aliphatic heterocycles. The molecule has 0 saturated carbocycles. The average molecular weight is 233 g/mol. The molecule has 0 spiro atoms. The first-order valence-corrected chi connectivity index (χ1v) is 6.28. The van der Waals surface area contributed by atoms with Crippen LogP contribution in [-0.2, 0) is 12.8 Å². The van der Waals surface area contributed by atoms with Crippen molar-refractivity contribution < 1.29 is 5.11 Å². The smallest absolute Gasteiger partial charge is 0.101 e. The molecular formula is C13H15NOS. The minimum absolute atomic E-state index is 0.496.